The number of halogens is 1. The monoisotopic (exact) mass is 210 g/mol. The van der Waals surface area contributed by atoms with Gasteiger partial charge in [0.1, 0.15) is 5.75 Å². The van der Waals surface area contributed by atoms with Crippen LogP contribution in [-0.4, -0.2) is 6.61 Å². The lowest BCUT2D eigenvalue weighted by Crippen LogP contribution is -1.99. The van der Waals surface area contributed by atoms with Crippen LogP contribution in [0.25, 0.3) is 0 Å². The molecule has 0 amide bonds. The van der Waals surface area contributed by atoms with E-state index in [-0.39, 0.29) is 0 Å². The molecule has 1 rings (SSSR count). The number of hydrogen-bond donors (Lipinski definition) is 1. The summed E-state index contributed by atoms with van der Waals surface area (Å²) >= 11 is 5.77. The van der Waals surface area contributed by atoms with Gasteiger partial charge in [0.05, 0.1) is 18.4 Å². The van der Waals surface area contributed by atoms with Crippen LogP contribution in [0.5, 0.6) is 5.75 Å². The first-order chi connectivity index (χ1) is 6.74. The van der Waals surface area contributed by atoms with E-state index in [2.05, 4.69) is 0 Å². The molecule has 0 spiro atoms. The molecule has 0 heterocycles. The van der Waals surface area contributed by atoms with Crippen LogP contribution in [0.3, 0.4) is 0 Å². The zero-order chi connectivity index (χ0) is 10.4. The van der Waals surface area contributed by atoms with Gasteiger partial charge in [-0.2, -0.15) is 5.26 Å². The van der Waals surface area contributed by atoms with E-state index in [0.717, 1.165) is 0 Å². The van der Waals surface area contributed by atoms with E-state index in [1.165, 1.54) is 0 Å². The van der Waals surface area contributed by atoms with E-state index in [1.54, 1.807) is 18.2 Å². The zero-order valence-corrected chi connectivity index (χ0v) is 8.42. The van der Waals surface area contributed by atoms with Crippen molar-refractivity contribution in [3.63, 3.8) is 0 Å². The molecule has 0 unspecified atom stereocenters. The molecule has 0 aromatic heterocycles. The second kappa shape index (κ2) is 5.36. The summed E-state index contributed by atoms with van der Waals surface area (Å²) in [4.78, 5) is 0. The second-order valence-electron chi connectivity index (χ2n) is 2.79. The third-order valence-corrected chi connectivity index (χ3v) is 1.90. The van der Waals surface area contributed by atoms with Crippen LogP contribution >= 0.6 is 11.6 Å². The minimum atomic E-state index is 0.484. The van der Waals surface area contributed by atoms with Crippen LogP contribution < -0.4 is 10.5 Å². The van der Waals surface area contributed by atoms with Gasteiger partial charge in [0, 0.05) is 17.5 Å². The summed E-state index contributed by atoms with van der Waals surface area (Å²) in [6, 6.07) is 7.12. The molecule has 0 radical (unpaired) electrons. The molecule has 1 aromatic rings. The number of nitriles is 1. The molecule has 4 heteroatoms. The number of rotatable bonds is 4. The zero-order valence-electron chi connectivity index (χ0n) is 7.66. The number of benzene rings is 1. The average Bonchev–Trinajstić information content (AvgIpc) is 2.18. The largest absolute Gasteiger partial charge is 0.491 e. The lowest BCUT2D eigenvalue weighted by atomic mass is 10.3. The number of nitrogens with zero attached hydrogens (tertiary/aromatic N) is 1. The first-order valence-corrected chi connectivity index (χ1v) is 4.66. The molecular weight excluding hydrogens is 200 g/mol. The van der Waals surface area contributed by atoms with Crippen molar-refractivity contribution >= 4 is 17.3 Å². The van der Waals surface area contributed by atoms with E-state index < -0.39 is 0 Å². The van der Waals surface area contributed by atoms with Crippen molar-refractivity contribution in [1.82, 2.24) is 0 Å². The van der Waals surface area contributed by atoms with Gasteiger partial charge in [0.25, 0.3) is 0 Å². The normalized spacial score (nSPS) is 9.43. The lowest BCUT2D eigenvalue weighted by molar-refractivity contribution is 0.314. The fourth-order valence-corrected chi connectivity index (χ4v) is 1.13. The first kappa shape index (κ1) is 10.7. The molecule has 0 saturated carbocycles. The van der Waals surface area contributed by atoms with Crippen molar-refractivity contribution in [3.8, 4) is 11.8 Å². The number of unbranched alkanes of at least 4 members (excludes halogenated alkanes) is 1. The Bertz CT molecular complexity index is 346. The molecule has 0 saturated heterocycles. The minimum absolute atomic E-state index is 0.484. The molecule has 2 N–H and O–H groups in total. The van der Waals surface area contributed by atoms with Crippen molar-refractivity contribution < 1.29 is 4.74 Å². The summed E-state index contributed by atoms with van der Waals surface area (Å²) in [5, 5.41) is 8.90. The highest BCUT2D eigenvalue weighted by molar-refractivity contribution is 6.30. The molecular formula is C10H11ClN2O. The van der Waals surface area contributed by atoms with E-state index in [1.807, 2.05) is 6.07 Å². The average molecular weight is 211 g/mol. The summed E-state index contributed by atoms with van der Waals surface area (Å²) < 4.78 is 5.36. The number of ether oxygens (including phenoxy) is 1. The van der Waals surface area contributed by atoms with Crippen molar-refractivity contribution in [2.75, 3.05) is 12.3 Å². The highest BCUT2D eigenvalue weighted by Crippen LogP contribution is 2.25. The van der Waals surface area contributed by atoms with Gasteiger partial charge in [-0.3, -0.25) is 0 Å². The Labute approximate surface area is 88.0 Å². The third kappa shape index (κ3) is 3.15. The molecule has 0 aliphatic heterocycles. The Balaban J connectivity index is 2.50. The Morgan fingerprint density at radius 1 is 1.50 bits per heavy atom. The molecule has 0 atom stereocenters. The fourth-order valence-electron chi connectivity index (χ4n) is 0.967. The van der Waals surface area contributed by atoms with Crippen LogP contribution in [-0.2, 0) is 0 Å². The fraction of sp³-hybridized carbons (Fsp3) is 0.300. The maximum Gasteiger partial charge on any atom is 0.143 e. The minimum Gasteiger partial charge on any atom is -0.491 e. The van der Waals surface area contributed by atoms with E-state index >= 15 is 0 Å². The Morgan fingerprint density at radius 3 is 3.00 bits per heavy atom. The van der Waals surface area contributed by atoms with Gasteiger partial charge in [-0.25, -0.2) is 0 Å². The molecule has 74 valence electrons. The van der Waals surface area contributed by atoms with Gasteiger partial charge in [0.15, 0.2) is 0 Å². The van der Waals surface area contributed by atoms with Crippen LogP contribution in [0.2, 0.25) is 5.02 Å². The van der Waals surface area contributed by atoms with Crippen molar-refractivity contribution in [3.05, 3.63) is 23.2 Å². The van der Waals surface area contributed by atoms with Crippen LogP contribution in [0.15, 0.2) is 18.2 Å². The lowest BCUT2D eigenvalue weighted by Gasteiger charge is -2.07. The number of anilines is 1. The Hall–Kier alpha value is -1.40. The smallest absolute Gasteiger partial charge is 0.143 e. The molecule has 14 heavy (non-hydrogen) atoms. The Kier molecular flexibility index (Phi) is 4.09. The number of hydrogen-bond acceptors (Lipinski definition) is 3. The van der Waals surface area contributed by atoms with Crippen LogP contribution in [0, 0.1) is 11.3 Å². The van der Waals surface area contributed by atoms with Crippen molar-refractivity contribution in [1.29, 1.82) is 5.26 Å². The first-order valence-electron chi connectivity index (χ1n) is 4.29. The van der Waals surface area contributed by atoms with E-state index in [0.29, 0.717) is 35.9 Å². The Morgan fingerprint density at radius 2 is 2.29 bits per heavy atom. The molecule has 0 aliphatic carbocycles. The quantitative estimate of drug-likeness (QED) is 0.614. The number of nitrogens with two attached hydrogens (primary N) is 1. The summed E-state index contributed by atoms with van der Waals surface area (Å²) in [5.41, 5.74) is 6.22. The molecule has 0 fully saturated rings. The highest BCUT2D eigenvalue weighted by Gasteiger charge is 2.00. The standard InChI is InChI=1S/C10H11ClN2O/c11-8-3-4-9(13)10(7-8)14-6-2-1-5-12/h3-4,7H,1-2,6,13H2. The highest BCUT2D eigenvalue weighted by atomic mass is 35.5. The van der Waals surface area contributed by atoms with Crippen LogP contribution in [0.1, 0.15) is 12.8 Å². The van der Waals surface area contributed by atoms with Gasteiger partial charge in [-0.15, -0.1) is 0 Å². The molecule has 0 bridgehead atoms. The second-order valence-corrected chi connectivity index (χ2v) is 3.23. The topological polar surface area (TPSA) is 59.0 Å². The third-order valence-electron chi connectivity index (χ3n) is 1.67. The van der Waals surface area contributed by atoms with Gasteiger partial charge < -0.3 is 10.5 Å². The van der Waals surface area contributed by atoms with Crippen molar-refractivity contribution in [2.24, 2.45) is 0 Å². The van der Waals surface area contributed by atoms with Gasteiger partial charge in [-0.1, -0.05) is 11.6 Å². The van der Waals surface area contributed by atoms with Crippen LogP contribution in [0.4, 0.5) is 5.69 Å². The number of nitrogen functional groups attached to an aromatic ring is 1. The van der Waals surface area contributed by atoms with Gasteiger partial charge >= 0.3 is 0 Å². The summed E-state index contributed by atoms with van der Waals surface area (Å²) in [6.07, 6.45) is 1.18. The van der Waals surface area contributed by atoms with E-state index in [9.17, 15) is 0 Å². The predicted octanol–water partition coefficient (Wildman–Crippen LogP) is 2.60. The van der Waals surface area contributed by atoms with E-state index in [4.69, 9.17) is 27.3 Å². The summed E-state index contributed by atoms with van der Waals surface area (Å²) in [7, 11) is 0. The maximum atomic E-state index is 8.31. The SMILES string of the molecule is N#CCCCOc1cc(Cl)ccc1N. The molecule has 0 aliphatic rings. The molecule has 1 aromatic carbocycles. The molecule has 3 nitrogen and oxygen atoms in total. The van der Waals surface area contributed by atoms with Gasteiger partial charge in [0.2, 0.25) is 0 Å². The maximum absolute atomic E-state index is 8.31. The van der Waals surface area contributed by atoms with Gasteiger partial charge in [-0.05, 0) is 18.6 Å². The predicted molar refractivity (Wildman–Crippen MR) is 56.2 cm³/mol. The van der Waals surface area contributed by atoms with Crippen molar-refractivity contribution in [2.45, 2.75) is 12.8 Å². The summed E-state index contributed by atoms with van der Waals surface area (Å²) in [5.74, 6) is 0.579. The summed E-state index contributed by atoms with van der Waals surface area (Å²) in [6.45, 7) is 0.484.